The number of anilines is 1. The fourth-order valence-corrected chi connectivity index (χ4v) is 2.98. The van der Waals surface area contributed by atoms with E-state index in [1.165, 1.54) is 11.1 Å². The SMILES string of the molecule is Cc1cccc(C2=CC(=NCc3ccc(N)c(CN)c3)NC(N)N2)c1C. The van der Waals surface area contributed by atoms with Crippen LogP contribution in [0.3, 0.4) is 0 Å². The molecule has 1 atom stereocenters. The van der Waals surface area contributed by atoms with Crippen molar-refractivity contribution < 1.29 is 0 Å². The highest BCUT2D eigenvalue weighted by Gasteiger charge is 2.16. The van der Waals surface area contributed by atoms with Gasteiger partial charge < -0.3 is 22.1 Å². The molecular formula is C20H26N6. The van der Waals surface area contributed by atoms with Gasteiger partial charge in [-0.3, -0.25) is 10.7 Å². The van der Waals surface area contributed by atoms with Gasteiger partial charge in [0.1, 0.15) is 5.84 Å². The third kappa shape index (κ3) is 3.87. The Kier molecular flexibility index (Phi) is 5.25. The average molecular weight is 350 g/mol. The van der Waals surface area contributed by atoms with E-state index in [9.17, 15) is 0 Å². The first-order valence-corrected chi connectivity index (χ1v) is 8.66. The summed E-state index contributed by atoms with van der Waals surface area (Å²) in [6, 6.07) is 12.1. The fourth-order valence-electron chi connectivity index (χ4n) is 2.98. The monoisotopic (exact) mass is 350 g/mol. The van der Waals surface area contributed by atoms with Crippen molar-refractivity contribution >= 4 is 17.2 Å². The van der Waals surface area contributed by atoms with Crippen molar-refractivity contribution in [3.05, 3.63) is 70.3 Å². The van der Waals surface area contributed by atoms with Gasteiger partial charge in [0.05, 0.1) is 6.54 Å². The first kappa shape index (κ1) is 18.0. The van der Waals surface area contributed by atoms with Crippen LogP contribution >= 0.6 is 0 Å². The predicted molar refractivity (Wildman–Crippen MR) is 108 cm³/mol. The smallest absolute Gasteiger partial charge is 0.151 e. The summed E-state index contributed by atoms with van der Waals surface area (Å²) in [6.07, 6.45) is 1.60. The molecular weight excluding hydrogens is 324 g/mol. The maximum Gasteiger partial charge on any atom is 0.151 e. The lowest BCUT2D eigenvalue weighted by Gasteiger charge is -2.26. The van der Waals surface area contributed by atoms with Crippen LogP contribution in [0, 0.1) is 13.8 Å². The highest BCUT2D eigenvalue weighted by molar-refractivity contribution is 6.00. The van der Waals surface area contributed by atoms with Crippen LogP contribution in [0.1, 0.15) is 27.8 Å². The van der Waals surface area contributed by atoms with Crippen molar-refractivity contribution in [2.24, 2.45) is 16.5 Å². The highest BCUT2D eigenvalue weighted by atomic mass is 15.3. The molecule has 6 heteroatoms. The molecule has 1 heterocycles. The first-order chi connectivity index (χ1) is 12.5. The van der Waals surface area contributed by atoms with E-state index in [0.29, 0.717) is 18.8 Å². The molecule has 0 fully saturated rings. The van der Waals surface area contributed by atoms with E-state index >= 15 is 0 Å². The third-order valence-corrected chi connectivity index (χ3v) is 4.65. The number of nitrogens with one attached hydrogen (secondary N) is 2. The number of hydrogen-bond acceptors (Lipinski definition) is 5. The maximum atomic E-state index is 6.10. The molecule has 2 aromatic carbocycles. The van der Waals surface area contributed by atoms with Gasteiger partial charge in [-0.15, -0.1) is 0 Å². The molecule has 0 aromatic heterocycles. The lowest BCUT2D eigenvalue weighted by atomic mass is 10.00. The number of rotatable bonds is 4. The van der Waals surface area contributed by atoms with Crippen molar-refractivity contribution in [1.29, 1.82) is 0 Å². The molecule has 1 aliphatic heterocycles. The third-order valence-electron chi connectivity index (χ3n) is 4.65. The summed E-state index contributed by atoms with van der Waals surface area (Å²) in [5.74, 6) is 0.748. The van der Waals surface area contributed by atoms with Gasteiger partial charge in [0.2, 0.25) is 0 Å². The minimum atomic E-state index is -0.389. The molecule has 0 spiro atoms. The van der Waals surface area contributed by atoms with E-state index in [2.05, 4.69) is 41.6 Å². The van der Waals surface area contributed by atoms with E-state index < -0.39 is 0 Å². The van der Waals surface area contributed by atoms with Gasteiger partial charge in [0, 0.05) is 29.6 Å². The summed E-state index contributed by atoms with van der Waals surface area (Å²) in [6.45, 7) is 5.16. The molecule has 8 N–H and O–H groups in total. The average Bonchev–Trinajstić information content (AvgIpc) is 2.63. The standard InChI is InChI=1S/C20H26N6/c1-12-4-3-5-16(13(12)2)18-9-19(26-20(23)25-18)24-11-14-6-7-17(22)15(8-14)10-21/h3-9,20,25H,10-11,21-23H2,1-2H3,(H,24,26). The number of amidine groups is 1. The van der Waals surface area contributed by atoms with Crippen molar-refractivity contribution in [2.75, 3.05) is 5.73 Å². The van der Waals surface area contributed by atoms with Gasteiger partial charge in [-0.05, 0) is 42.2 Å². The van der Waals surface area contributed by atoms with Crippen LogP contribution in [0.15, 0.2) is 47.5 Å². The Balaban J connectivity index is 1.87. The van der Waals surface area contributed by atoms with Gasteiger partial charge in [-0.25, -0.2) is 0 Å². The zero-order valence-electron chi connectivity index (χ0n) is 15.2. The molecule has 0 saturated heterocycles. The number of nitrogen functional groups attached to an aromatic ring is 1. The zero-order chi connectivity index (χ0) is 18.7. The molecule has 1 aliphatic rings. The molecule has 136 valence electrons. The summed E-state index contributed by atoms with van der Waals surface area (Å²) in [4.78, 5) is 4.66. The molecule has 0 aliphatic carbocycles. The van der Waals surface area contributed by atoms with E-state index in [-0.39, 0.29) is 6.29 Å². The number of aliphatic imine (C=N–C) groups is 1. The molecule has 6 nitrogen and oxygen atoms in total. The van der Waals surface area contributed by atoms with E-state index in [1.54, 1.807) is 0 Å². The molecule has 3 rings (SSSR count). The van der Waals surface area contributed by atoms with E-state index in [0.717, 1.165) is 28.2 Å². The Labute approximate surface area is 154 Å². The lowest BCUT2D eigenvalue weighted by Crippen LogP contribution is -2.53. The summed E-state index contributed by atoms with van der Waals surface area (Å²) >= 11 is 0. The molecule has 0 amide bonds. The second-order valence-electron chi connectivity index (χ2n) is 6.51. The van der Waals surface area contributed by atoms with Gasteiger partial charge in [-0.1, -0.05) is 30.3 Å². The summed E-state index contributed by atoms with van der Waals surface area (Å²) in [5.41, 5.74) is 25.0. The van der Waals surface area contributed by atoms with Gasteiger partial charge in [0.15, 0.2) is 6.29 Å². The molecule has 0 saturated carbocycles. The van der Waals surface area contributed by atoms with Crippen LogP contribution in [0.25, 0.3) is 5.70 Å². The first-order valence-electron chi connectivity index (χ1n) is 8.66. The van der Waals surface area contributed by atoms with Crippen molar-refractivity contribution in [1.82, 2.24) is 10.6 Å². The zero-order valence-corrected chi connectivity index (χ0v) is 15.2. The summed E-state index contributed by atoms with van der Waals surface area (Å²) < 4.78 is 0. The number of nitrogens with two attached hydrogens (primary N) is 3. The van der Waals surface area contributed by atoms with E-state index in [1.807, 2.05) is 30.3 Å². The summed E-state index contributed by atoms with van der Waals surface area (Å²) in [5, 5.41) is 6.42. The second-order valence-corrected chi connectivity index (χ2v) is 6.51. The van der Waals surface area contributed by atoms with Gasteiger partial charge in [0.25, 0.3) is 0 Å². The predicted octanol–water partition coefficient (Wildman–Crippen LogP) is 1.72. The number of hydrogen-bond donors (Lipinski definition) is 5. The highest BCUT2D eigenvalue weighted by Crippen LogP contribution is 2.21. The molecule has 0 bridgehead atoms. The van der Waals surface area contributed by atoms with Gasteiger partial charge in [-0.2, -0.15) is 0 Å². The molecule has 1 unspecified atom stereocenters. The van der Waals surface area contributed by atoms with Crippen LogP contribution in [0.4, 0.5) is 5.69 Å². The Morgan fingerprint density at radius 1 is 1.12 bits per heavy atom. The number of nitrogens with zero attached hydrogens (tertiary/aromatic N) is 1. The van der Waals surface area contributed by atoms with Crippen molar-refractivity contribution in [3.8, 4) is 0 Å². The van der Waals surface area contributed by atoms with Crippen molar-refractivity contribution in [2.45, 2.75) is 33.2 Å². The van der Waals surface area contributed by atoms with Crippen LogP contribution in [0.2, 0.25) is 0 Å². The normalized spacial score (nSPS) is 18.2. The largest absolute Gasteiger partial charge is 0.398 e. The van der Waals surface area contributed by atoms with Gasteiger partial charge >= 0.3 is 0 Å². The maximum absolute atomic E-state index is 6.10. The summed E-state index contributed by atoms with van der Waals surface area (Å²) in [7, 11) is 0. The quantitative estimate of drug-likeness (QED) is 0.539. The minimum Gasteiger partial charge on any atom is -0.398 e. The lowest BCUT2D eigenvalue weighted by molar-refractivity contribution is 0.576. The van der Waals surface area contributed by atoms with Crippen LogP contribution in [-0.2, 0) is 13.1 Å². The van der Waals surface area contributed by atoms with Crippen LogP contribution in [0.5, 0.6) is 0 Å². The Hall–Kier alpha value is -2.83. The Morgan fingerprint density at radius 2 is 1.92 bits per heavy atom. The Morgan fingerprint density at radius 3 is 2.69 bits per heavy atom. The molecule has 2 aromatic rings. The fraction of sp³-hybridized carbons (Fsp3) is 0.250. The second kappa shape index (κ2) is 7.59. The van der Waals surface area contributed by atoms with Crippen LogP contribution in [-0.4, -0.2) is 12.1 Å². The molecule has 26 heavy (non-hydrogen) atoms. The number of benzene rings is 2. The van der Waals surface area contributed by atoms with E-state index in [4.69, 9.17) is 17.2 Å². The molecule has 0 radical (unpaired) electrons. The van der Waals surface area contributed by atoms with Crippen molar-refractivity contribution in [3.63, 3.8) is 0 Å². The van der Waals surface area contributed by atoms with Crippen LogP contribution < -0.4 is 27.8 Å². The Bertz CT molecular complexity index is 869. The topological polar surface area (TPSA) is 114 Å². The number of aryl methyl sites for hydroxylation is 1. The minimum absolute atomic E-state index is 0.389.